The van der Waals surface area contributed by atoms with E-state index in [1.165, 1.54) is 12.0 Å². The molecular formula is C15H19NO. The summed E-state index contributed by atoms with van der Waals surface area (Å²) in [6.07, 6.45) is 3.38. The second kappa shape index (κ2) is 3.86. The fourth-order valence-electron chi connectivity index (χ4n) is 2.64. The van der Waals surface area contributed by atoms with Gasteiger partial charge in [0.2, 0.25) is 5.91 Å². The van der Waals surface area contributed by atoms with Crippen LogP contribution in [0.4, 0.5) is 0 Å². The van der Waals surface area contributed by atoms with Crippen molar-refractivity contribution in [3.8, 4) is 0 Å². The minimum Gasteiger partial charge on any atom is -0.356 e. The van der Waals surface area contributed by atoms with Gasteiger partial charge in [-0.05, 0) is 36.2 Å². The van der Waals surface area contributed by atoms with Crippen LogP contribution in [0.15, 0.2) is 30.3 Å². The third-order valence-corrected chi connectivity index (χ3v) is 4.32. The van der Waals surface area contributed by atoms with Crippen LogP contribution in [0, 0.1) is 11.8 Å². The lowest BCUT2D eigenvalue weighted by Gasteiger charge is -2.12. The molecule has 2 unspecified atom stereocenters. The van der Waals surface area contributed by atoms with Crippen molar-refractivity contribution in [2.45, 2.75) is 31.6 Å². The van der Waals surface area contributed by atoms with E-state index >= 15 is 0 Å². The topological polar surface area (TPSA) is 29.1 Å². The number of benzene rings is 1. The van der Waals surface area contributed by atoms with E-state index in [-0.39, 0.29) is 11.3 Å². The summed E-state index contributed by atoms with van der Waals surface area (Å²) in [6, 6.07) is 10.6. The van der Waals surface area contributed by atoms with Gasteiger partial charge in [0.25, 0.3) is 0 Å². The maximum atomic E-state index is 11.6. The van der Waals surface area contributed by atoms with Gasteiger partial charge in [0.05, 0.1) is 0 Å². The van der Waals surface area contributed by atoms with Crippen LogP contribution >= 0.6 is 0 Å². The summed E-state index contributed by atoms with van der Waals surface area (Å²) in [5.74, 6) is 1.22. The third kappa shape index (κ3) is 2.08. The molecular weight excluding hydrogens is 210 g/mol. The number of hydrogen-bond donors (Lipinski definition) is 1. The van der Waals surface area contributed by atoms with Gasteiger partial charge in [-0.1, -0.05) is 37.3 Å². The van der Waals surface area contributed by atoms with Crippen molar-refractivity contribution in [2.24, 2.45) is 11.8 Å². The Balaban J connectivity index is 1.56. The number of hydrogen-bond acceptors (Lipinski definition) is 1. The van der Waals surface area contributed by atoms with E-state index in [9.17, 15) is 4.79 Å². The largest absolute Gasteiger partial charge is 0.356 e. The normalized spacial score (nSPS) is 31.0. The van der Waals surface area contributed by atoms with Crippen molar-refractivity contribution in [1.29, 1.82) is 0 Å². The van der Waals surface area contributed by atoms with Crippen molar-refractivity contribution in [2.75, 3.05) is 6.54 Å². The molecule has 1 N–H and O–H groups in total. The second-order valence-corrected chi connectivity index (χ2v) is 5.70. The van der Waals surface area contributed by atoms with Gasteiger partial charge in [0.15, 0.2) is 0 Å². The van der Waals surface area contributed by atoms with E-state index in [1.54, 1.807) is 0 Å². The van der Waals surface area contributed by atoms with Crippen LogP contribution < -0.4 is 5.32 Å². The number of rotatable bonds is 4. The van der Waals surface area contributed by atoms with E-state index in [0.29, 0.717) is 11.8 Å². The fraction of sp³-hybridized carbons (Fsp3) is 0.533. The predicted molar refractivity (Wildman–Crippen MR) is 67.6 cm³/mol. The van der Waals surface area contributed by atoms with Crippen molar-refractivity contribution in [3.05, 3.63) is 35.9 Å². The Morgan fingerprint density at radius 3 is 2.71 bits per heavy atom. The summed E-state index contributed by atoms with van der Waals surface area (Å²) in [6.45, 7) is 3.15. The molecule has 2 atom stereocenters. The maximum absolute atomic E-state index is 11.6. The van der Waals surface area contributed by atoms with E-state index in [1.807, 2.05) is 0 Å². The molecule has 90 valence electrons. The van der Waals surface area contributed by atoms with E-state index in [4.69, 9.17) is 0 Å². The summed E-state index contributed by atoms with van der Waals surface area (Å²) >= 11 is 0. The van der Waals surface area contributed by atoms with Gasteiger partial charge in [-0.25, -0.2) is 0 Å². The molecule has 2 aliphatic rings. The first-order valence-corrected chi connectivity index (χ1v) is 6.53. The first-order valence-electron chi connectivity index (χ1n) is 6.53. The highest BCUT2D eigenvalue weighted by atomic mass is 16.2. The number of nitrogens with one attached hydrogen (secondary N) is 1. The summed E-state index contributed by atoms with van der Waals surface area (Å²) < 4.78 is 0. The first-order chi connectivity index (χ1) is 8.20. The maximum Gasteiger partial charge on any atom is 0.223 e. The van der Waals surface area contributed by atoms with Gasteiger partial charge in [-0.2, -0.15) is 0 Å². The Hall–Kier alpha value is -1.31. The van der Waals surface area contributed by atoms with E-state index < -0.39 is 0 Å². The summed E-state index contributed by atoms with van der Waals surface area (Å²) in [5.41, 5.74) is 1.70. The zero-order valence-corrected chi connectivity index (χ0v) is 10.3. The van der Waals surface area contributed by atoms with Crippen LogP contribution in [0.1, 0.15) is 31.7 Å². The van der Waals surface area contributed by atoms with E-state index in [2.05, 4.69) is 42.6 Å². The molecule has 2 saturated carbocycles. The molecule has 1 amide bonds. The molecule has 0 saturated heterocycles. The first kappa shape index (κ1) is 10.8. The number of carbonyl (C=O) groups is 1. The standard InChI is InChI=1S/C15H19NO/c1-15(12-5-3-2-4-6-12)9-13(15)10-16-14(17)11-7-8-11/h2-6,11,13H,7-10H2,1H3,(H,16,17). The lowest BCUT2D eigenvalue weighted by molar-refractivity contribution is -0.122. The Labute approximate surface area is 102 Å². The molecule has 2 fully saturated rings. The van der Waals surface area contributed by atoms with Crippen molar-refractivity contribution >= 4 is 5.91 Å². The SMILES string of the molecule is CC1(c2ccccc2)CC1CNC(=O)C1CC1. The molecule has 3 rings (SSSR count). The molecule has 0 bridgehead atoms. The second-order valence-electron chi connectivity index (χ2n) is 5.70. The van der Waals surface area contributed by atoms with E-state index in [0.717, 1.165) is 19.4 Å². The van der Waals surface area contributed by atoms with Crippen molar-refractivity contribution in [1.82, 2.24) is 5.32 Å². The van der Waals surface area contributed by atoms with Gasteiger partial charge < -0.3 is 5.32 Å². The highest BCUT2D eigenvalue weighted by molar-refractivity contribution is 5.80. The molecule has 17 heavy (non-hydrogen) atoms. The lowest BCUT2D eigenvalue weighted by atomic mass is 9.95. The number of amides is 1. The van der Waals surface area contributed by atoms with Crippen LogP contribution in [0.5, 0.6) is 0 Å². The van der Waals surface area contributed by atoms with Gasteiger partial charge >= 0.3 is 0 Å². The summed E-state index contributed by atoms with van der Waals surface area (Å²) in [7, 11) is 0. The van der Waals surface area contributed by atoms with Crippen LogP contribution in [-0.4, -0.2) is 12.5 Å². The van der Waals surface area contributed by atoms with Crippen molar-refractivity contribution in [3.63, 3.8) is 0 Å². The quantitative estimate of drug-likeness (QED) is 0.844. The molecule has 1 aromatic rings. The Kier molecular flexibility index (Phi) is 2.46. The molecule has 0 heterocycles. The molecule has 2 aliphatic carbocycles. The zero-order chi connectivity index (χ0) is 11.9. The van der Waals surface area contributed by atoms with Crippen LogP contribution in [0.25, 0.3) is 0 Å². The molecule has 2 nitrogen and oxygen atoms in total. The predicted octanol–water partition coefficient (Wildman–Crippen LogP) is 2.49. The third-order valence-electron chi connectivity index (χ3n) is 4.32. The summed E-state index contributed by atoms with van der Waals surface area (Å²) in [5, 5.41) is 3.09. The monoisotopic (exact) mass is 229 g/mol. The Morgan fingerprint density at radius 2 is 2.06 bits per heavy atom. The Bertz CT molecular complexity index is 424. The molecule has 1 aromatic carbocycles. The van der Waals surface area contributed by atoms with Crippen LogP contribution in [0.3, 0.4) is 0 Å². The van der Waals surface area contributed by atoms with Crippen LogP contribution in [-0.2, 0) is 10.2 Å². The Morgan fingerprint density at radius 1 is 1.35 bits per heavy atom. The smallest absolute Gasteiger partial charge is 0.223 e. The minimum atomic E-state index is 0.271. The average molecular weight is 229 g/mol. The van der Waals surface area contributed by atoms with Gasteiger partial charge in [-0.15, -0.1) is 0 Å². The van der Waals surface area contributed by atoms with Gasteiger partial charge in [0.1, 0.15) is 0 Å². The highest BCUT2D eigenvalue weighted by Crippen LogP contribution is 2.53. The average Bonchev–Trinajstić information content (AvgIpc) is 3.23. The van der Waals surface area contributed by atoms with Crippen molar-refractivity contribution < 1.29 is 4.79 Å². The van der Waals surface area contributed by atoms with Gasteiger partial charge in [-0.3, -0.25) is 4.79 Å². The molecule has 0 aliphatic heterocycles. The minimum absolute atomic E-state index is 0.271. The molecule has 0 aromatic heterocycles. The lowest BCUT2D eigenvalue weighted by Crippen LogP contribution is -2.28. The highest BCUT2D eigenvalue weighted by Gasteiger charge is 2.51. The molecule has 0 spiro atoms. The molecule has 0 radical (unpaired) electrons. The fourth-order valence-corrected chi connectivity index (χ4v) is 2.64. The zero-order valence-electron chi connectivity index (χ0n) is 10.3. The number of carbonyl (C=O) groups excluding carboxylic acids is 1. The summed E-state index contributed by atoms with van der Waals surface area (Å²) in [4.78, 5) is 11.6. The van der Waals surface area contributed by atoms with Crippen LogP contribution in [0.2, 0.25) is 0 Å². The van der Waals surface area contributed by atoms with Gasteiger partial charge in [0, 0.05) is 12.5 Å². The molecule has 2 heteroatoms.